The van der Waals surface area contributed by atoms with Gasteiger partial charge < -0.3 is 44.6 Å². The highest BCUT2D eigenvalue weighted by Gasteiger charge is 2.57. The van der Waals surface area contributed by atoms with E-state index in [4.69, 9.17) is 14.5 Å². The second kappa shape index (κ2) is 25.5. The molecule has 0 aliphatic carbocycles. The van der Waals surface area contributed by atoms with Gasteiger partial charge >= 0.3 is 0 Å². The number of fused-ring (bicyclic) bond motifs is 2. The van der Waals surface area contributed by atoms with Crippen molar-refractivity contribution in [1.82, 2.24) is 35.2 Å². The molecular weight excluding hydrogens is 1020 g/mol. The van der Waals surface area contributed by atoms with Crippen LogP contribution in [0, 0.1) is 23.7 Å². The van der Waals surface area contributed by atoms with Gasteiger partial charge in [-0.25, -0.2) is 22.5 Å². The van der Waals surface area contributed by atoms with Crippen LogP contribution in [-0.2, 0) is 28.7 Å². The van der Waals surface area contributed by atoms with Gasteiger partial charge in [-0.2, -0.15) is 0 Å². The molecule has 2 unspecified atom stereocenters. The Morgan fingerprint density at radius 1 is 0.662 bits per heavy atom. The van der Waals surface area contributed by atoms with Crippen LogP contribution in [0.3, 0.4) is 0 Å². The average Bonchev–Trinajstić information content (AvgIpc) is 4.39. The van der Waals surface area contributed by atoms with Gasteiger partial charge in [-0.3, -0.25) is 33.7 Å². The molecule has 4 amide bonds. The van der Waals surface area contributed by atoms with Crippen molar-refractivity contribution in [2.45, 2.75) is 103 Å². The molecule has 0 radical (unpaired) electrons. The van der Waals surface area contributed by atoms with E-state index in [0.717, 1.165) is 87.4 Å². The van der Waals surface area contributed by atoms with Gasteiger partial charge in [0.05, 0.1) is 29.7 Å². The lowest BCUT2D eigenvalue weighted by Crippen LogP contribution is -2.52. The Labute approximate surface area is 451 Å². The molecule has 6 aliphatic heterocycles. The molecule has 0 saturated carbocycles. The van der Waals surface area contributed by atoms with Gasteiger partial charge in [0.2, 0.25) is 24.7 Å². The van der Waals surface area contributed by atoms with Crippen molar-refractivity contribution in [3.05, 3.63) is 65.0 Å². The van der Waals surface area contributed by atoms with Crippen molar-refractivity contribution in [2.24, 2.45) is 23.7 Å². The van der Waals surface area contributed by atoms with Crippen LogP contribution in [0.4, 0.5) is 28.4 Å². The summed E-state index contributed by atoms with van der Waals surface area (Å²) in [6.07, 6.45) is -5.66. The second-order valence-corrected chi connectivity index (χ2v) is 22.8. The second-order valence-electron chi connectivity index (χ2n) is 21.9. The topological polar surface area (TPSA) is 177 Å². The van der Waals surface area contributed by atoms with E-state index >= 15 is 0 Å². The van der Waals surface area contributed by atoms with E-state index in [-0.39, 0.29) is 49.7 Å². The lowest BCUT2D eigenvalue weighted by molar-refractivity contribution is -0.138. The van der Waals surface area contributed by atoms with Crippen LogP contribution >= 0.6 is 11.3 Å². The van der Waals surface area contributed by atoms with Crippen molar-refractivity contribution in [3.63, 3.8) is 0 Å². The number of carbonyl (C=O) groups is 6. The van der Waals surface area contributed by atoms with Gasteiger partial charge in [0.25, 0.3) is 11.8 Å². The molecule has 9 rings (SSSR count). The van der Waals surface area contributed by atoms with Crippen molar-refractivity contribution in [2.75, 3.05) is 102 Å². The summed E-state index contributed by atoms with van der Waals surface area (Å²) in [5.41, 5.74) is 3.54. The molecule has 1 aromatic heterocycles. The van der Waals surface area contributed by atoms with Gasteiger partial charge in [0, 0.05) is 93.2 Å². The SMILES string of the molecule is CC(C)CC(NC(=O)c1ccc(-c2csc(N3CCN(C)CC3)n2)cc1)C(=O)N1C[C@H](C(F)F)[C@H]2OCC(=O)[C@H]21.CCCN1CCN(c2ccc(C(=O)NC(CC(C)C)C(=O)N3C[C@H](C(F)F)[C@H]4OCC(=O)[C@H]43)cc2)CC1. The number of piperazine rings is 2. The Morgan fingerprint density at radius 2 is 1.12 bits per heavy atom. The van der Waals surface area contributed by atoms with Crippen LogP contribution in [0.2, 0.25) is 0 Å². The number of nitrogens with zero attached hydrogens (tertiary/aromatic N) is 7. The molecule has 6 saturated heterocycles. The van der Waals surface area contributed by atoms with E-state index in [2.05, 4.69) is 44.2 Å². The lowest BCUT2D eigenvalue weighted by Gasteiger charge is -2.36. The molecular formula is C55H73F4N9O8S. The third-order valence-electron chi connectivity index (χ3n) is 15.4. The number of anilines is 2. The summed E-state index contributed by atoms with van der Waals surface area (Å²) in [5, 5.41) is 8.59. The Bertz CT molecular complexity index is 2540. The number of likely N-dealkylation sites (N-methyl/N-ethyl adjacent to an activating group) is 1. The molecule has 6 fully saturated rings. The molecule has 0 spiro atoms. The van der Waals surface area contributed by atoms with E-state index in [1.165, 1.54) is 9.80 Å². The number of halogens is 4. The minimum atomic E-state index is -2.72. The minimum absolute atomic E-state index is 0.0376. The number of rotatable bonds is 17. The van der Waals surface area contributed by atoms with E-state index in [9.17, 15) is 46.3 Å². The average molecular weight is 1100 g/mol. The summed E-state index contributed by atoms with van der Waals surface area (Å²) in [6, 6.07) is 10.4. The maximum Gasteiger partial charge on any atom is 0.251 e. The summed E-state index contributed by atoms with van der Waals surface area (Å²) in [6.45, 7) is 17.6. The fourth-order valence-corrected chi connectivity index (χ4v) is 12.1. The van der Waals surface area contributed by atoms with Gasteiger partial charge in [0.1, 0.15) is 37.4 Å². The standard InChI is InChI=1S/C28H35F2N5O4S.C27H38F2N4O4/c1-16(2)12-20(27(38)35-13-19(25(29)30)24-23(35)22(36)14-39-24)31-26(37)18-6-4-17(5-7-18)21-15-40-28(32-21)34-10-8-33(3)9-11-34;1-4-9-31-10-12-32(13-11-31)19-7-5-18(6-8-19)26(35)30-21(14-17(2)3)27(36)33-15-20(25(28)29)24-23(33)22(34)16-37-24/h4-7,15-16,19-20,23-25H,8-14H2,1-3H3,(H,31,37);5-8,17,20-21,23-25H,4,9-16H2,1-3H3,(H,30,35)/t19-,20?,23+,24+;20-,21?,23+,24+/m00/s1. The van der Waals surface area contributed by atoms with Crippen LogP contribution in [0.5, 0.6) is 0 Å². The van der Waals surface area contributed by atoms with Crippen LogP contribution < -0.4 is 20.4 Å². The fourth-order valence-electron chi connectivity index (χ4n) is 11.3. The molecule has 2 N–H and O–H groups in total. The number of amides is 4. The largest absolute Gasteiger partial charge is 0.369 e. The van der Waals surface area contributed by atoms with Crippen molar-refractivity contribution >= 4 is 57.4 Å². The number of ether oxygens (including phenoxy) is 2. The number of ketones is 2. The fraction of sp³-hybridized carbons (Fsp3) is 0.618. The number of nitrogens with one attached hydrogen (secondary N) is 2. The van der Waals surface area contributed by atoms with Crippen LogP contribution in [0.25, 0.3) is 11.3 Å². The Hall–Kier alpha value is -5.55. The molecule has 3 aromatic rings. The van der Waals surface area contributed by atoms with Gasteiger partial charge in [-0.1, -0.05) is 46.8 Å². The lowest BCUT2D eigenvalue weighted by atomic mass is 10.0. The number of thiazole rings is 1. The van der Waals surface area contributed by atoms with E-state index in [1.54, 1.807) is 35.6 Å². The molecule has 8 atom stereocenters. The molecule has 6 aliphatic rings. The summed E-state index contributed by atoms with van der Waals surface area (Å²) in [5.74, 6) is -5.01. The van der Waals surface area contributed by atoms with Crippen molar-refractivity contribution in [3.8, 4) is 11.3 Å². The summed E-state index contributed by atoms with van der Waals surface area (Å²) < 4.78 is 65.1. The predicted molar refractivity (Wildman–Crippen MR) is 284 cm³/mol. The quantitative estimate of drug-likeness (QED) is 0.169. The van der Waals surface area contributed by atoms with E-state index < -0.39 is 84.7 Å². The van der Waals surface area contributed by atoms with Crippen LogP contribution in [-0.4, -0.2) is 201 Å². The monoisotopic (exact) mass is 1100 g/mol. The highest BCUT2D eigenvalue weighted by atomic mass is 32.1. The van der Waals surface area contributed by atoms with Crippen LogP contribution in [0.15, 0.2) is 53.9 Å². The summed E-state index contributed by atoms with van der Waals surface area (Å²) in [7, 11) is 2.11. The third kappa shape index (κ3) is 13.5. The predicted octanol–water partition coefficient (Wildman–Crippen LogP) is 5.19. The number of Topliss-reactive ketones (excluding diaryl/α,β-unsaturated/α-hetero) is 2. The first-order chi connectivity index (χ1) is 36.8. The van der Waals surface area contributed by atoms with Crippen molar-refractivity contribution < 1.29 is 55.8 Å². The Balaban J connectivity index is 0.000000204. The highest BCUT2D eigenvalue weighted by molar-refractivity contribution is 7.14. The minimum Gasteiger partial charge on any atom is -0.369 e. The summed E-state index contributed by atoms with van der Waals surface area (Å²) >= 11 is 1.60. The first-order valence-corrected chi connectivity index (χ1v) is 27.8. The Morgan fingerprint density at radius 3 is 1.56 bits per heavy atom. The van der Waals surface area contributed by atoms with Gasteiger partial charge in [-0.15, -0.1) is 11.3 Å². The number of hydrogen-bond donors (Lipinski definition) is 2. The molecule has 22 heteroatoms. The zero-order valence-corrected chi connectivity index (χ0v) is 45.6. The normalized spacial score (nSPS) is 24.6. The highest BCUT2D eigenvalue weighted by Crippen LogP contribution is 2.38. The number of benzene rings is 2. The smallest absolute Gasteiger partial charge is 0.251 e. The number of hydrogen-bond acceptors (Lipinski definition) is 14. The van der Waals surface area contributed by atoms with Crippen molar-refractivity contribution in [1.29, 1.82) is 0 Å². The van der Waals surface area contributed by atoms with Gasteiger partial charge in [-0.05, 0) is 81.1 Å². The Kier molecular flexibility index (Phi) is 19.1. The number of alkyl halides is 4. The maximum absolute atomic E-state index is 13.6. The number of aromatic nitrogens is 1. The van der Waals surface area contributed by atoms with E-state index in [0.29, 0.717) is 24.0 Å². The number of carbonyl (C=O) groups excluding carboxylic acids is 6. The zero-order chi connectivity index (χ0) is 55.2. The van der Waals surface area contributed by atoms with Crippen LogP contribution in [0.1, 0.15) is 74.6 Å². The maximum atomic E-state index is 13.6. The first kappa shape index (κ1) is 57.6. The molecule has 77 heavy (non-hydrogen) atoms. The molecule has 0 bridgehead atoms. The zero-order valence-electron chi connectivity index (χ0n) is 44.8. The molecule has 2 aromatic carbocycles. The first-order valence-electron chi connectivity index (χ1n) is 27.0. The van der Waals surface area contributed by atoms with E-state index in [1.807, 2.05) is 57.3 Å². The molecule has 420 valence electrons. The third-order valence-corrected chi connectivity index (χ3v) is 16.3. The number of likely N-dealkylation sites (tertiary alicyclic amines) is 2. The van der Waals surface area contributed by atoms with Gasteiger partial charge in [0.15, 0.2) is 16.7 Å². The summed E-state index contributed by atoms with van der Waals surface area (Å²) in [4.78, 5) is 94.6. The molecule has 17 nitrogen and oxygen atoms in total. The molecule has 7 heterocycles.